The minimum absolute atomic E-state index is 0.189. The summed E-state index contributed by atoms with van der Waals surface area (Å²) in [7, 11) is 0. The molecule has 0 bridgehead atoms. The quantitative estimate of drug-likeness (QED) is 0.543. The zero-order valence-electron chi connectivity index (χ0n) is 20.4. The number of nitrogens with zero attached hydrogens (tertiary/aromatic N) is 2. The molecule has 35 heavy (non-hydrogen) atoms. The van der Waals surface area contributed by atoms with Crippen molar-refractivity contribution in [1.29, 1.82) is 0 Å². The molecule has 0 saturated carbocycles. The van der Waals surface area contributed by atoms with E-state index in [0.29, 0.717) is 17.7 Å². The lowest BCUT2D eigenvalue weighted by molar-refractivity contribution is 0.433. The minimum Gasteiger partial charge on any atom is -0.508 e. The molecule has 3 atom stereocenters. The molecule has 3 N–H and O–H groups in total. The Hall–Kier alpha value is -3.02. The van der Waals surface area contributed by atoms with E-state index in [1.54, 1.807) is 0 Å². The van der Waals surface area contributed by atoms with Crippen LogP contribution in [0.3, 0.4) is 0 Å². The van der Waals surface area contributed by atoms with Crippen LogP contribution in [-0.4, -0.2) is 43.9 Å². The first-order valence-corrected chi connectivity index (χ1v) is 13.2. The average Bonchev–Trinajstić information content (AvgIpc) is 3.22. The maximum Gasteiger partial charge on any atom is 0.116 e. The number of hydrogen-bond acceptors (Lipinski definition) is 5. The van der Waals surface area contributed by atoms with Gasteiger partial charge in [0.05, 0.1) is 12.1 Å². The largest absolute Gasteiger partial charge is 0.508 e. The molecule has 5 nitrogen and oxygen atoms in total. The number of aromatic hydroxyl groups is 1. The number of anilines is 2. The van der Waals surface area contributed by atoms with Crippen molar-refractivity contribution in [1.82, 2.24) is 10.6 Å². The van der Waals surface area contributed by atoms with E-state index in [1.165, 1.54) is 44.8 Å². The molecular weight excluding hydrogens is 432 g/mol. The van der Waals surface area contributed by atoms with Crippen molar-refractivity contribution in [3.63, 3.8) is 0 Å². The van der Waals surface area contributed by atoms with Crippen molar-refractivity contribution in [3.8, 4) is 5.75 Å². The van der Waals surface area contributed by atoms with Crippen LogP contribution in [0.1, 0.15) is 52.3 Å². The topological polar surface area (TPSA) is 50.8 Å². The van der Waals surface area contributed by atoms with Crippen LogP contribution in [0, 0.1) is 0 Å². The summed E-state index contributed by atoms with van der Waals surface area (Å²) in [6.07, 6.45) is 2.02. The lowest BCUT2D eigenvalue weighted by Crippen LogP contribution is -2.45. The van der Waals surface area contributed by atoms with E-state index in [-0.39, 0.29) is 6.04 Å². The molecule has 0 spiro atoms. The van der Waals surface area contributed by atoms with E-state index in [2.05, 4.69) is 69.8 Å². The van der Waals surface area contributed by atoms with Gasteiger partial charge in [0.2, 0.25) is 0 Å². The molecule has 180 valence electrons. The fourth-order valence-corrected chi connectivity index (χ4v) is 7.09. The first-order valence-electron chi connectivity index (χ1n) is 13.2. The smallest absolute Gasteiger partial charge is 0.116 e. The van der Waals surface area contributed by atoms with Gasteiger partial charge in [0.25, 0.3) is 0 Å². The average molecular weight is 467 g/mol. The Balaban J connectivity index is 1.33. The normalized spacial score (nSPS) is 24.7. The monoisotopic (exact) mass is 466 g/mol. The number of phenolic OH excluding ortho intramolecular Hbond substituents is 1. The van der Waals surface area contributed by atoms with Gasteiger partial charge in [0.15, 0.2) is 0 Å². The molecule has 5 heteroatoms. The van der Waals surface area contributed by atoms with Crippen LogP contribution in [0.4, 0.5) is 11.4 Å². The third-order valence-electron chi connectivity index (χ3n) is 8.61. The van der Waals surface area contributed by atoms with Gasteiger partial charge in [-0.1, -0.05) is 49.4 Å². The summed E-state index contributed by atoms with van der Waals surface area (Å²) in [6, 6.07) is 20.1. The number of benzene rings is 3. The number of rotatable bonds is 3. The second-order valence-corrected chi connectivity index (χ2v) is 10.8. The predicted octanol–water partition coefficient (Wildman–Crippen LogP) is 4.09. The van der Waals surface area contributed by atoms with Crippen LogP contribution in [0.5, 0.6) is 5.75 Å². The highest BCUT2D eigenvalue weighted by Crippen LogP contribution is 2.48. The van der Waals surface area contributed by atoms with Gasteiger partial charge in [-0.25, -0.2) is 0 Å². The Morgan fingerprint density at radius 1 is 0.971 bits per heavy atom. The second-order valence-electron chi connectivity index (χ2n) is 10.8. The zero-order chi connectivity index (χ0) is 23.5. The summed E-state index contributed by atoms with van der Waals surface area (Å²) in [5.74, 6) is 0.862. The molecular formula is C30H34N4O. The molecule has 0 saturated heterocycles. The van der Waals surface area contributed by atoms with Gasteiger partial charge in [-0.3, -0.25) is 0 Å². The molecule has 0 aromatic heterocycles. The van der Waals surface area contributed by atoms with Crippen molar-refractivity contribution >= 4 is 11.4 Å². The summed E-state index contributed by atoms with van der Waals surface area (Å²) in [5.41, 5.74) is 11.2. The van der Waals surface area contributed by atoms with E-state index >= 15 is 0 Å². The Morgan fingerprint density at radius 2 is 1.83 bits per heavy atom. The predicted molar refractivity (Wildman–Crippen MR) is 142 cm³/mol. The van der Waals surface area contributed by atoms with Crippen molar-refractivity contribution in [2.24, 2.45) is 0 Å². The van der Waals surface area contributed by atoms with E-state index in [0.717, 1.165) is 52.1 Å². The number of nitrogens with one attached hydrogen (secondary N) is 2. The Kier molecular flexibility index (Phi) is 5.04. The van der Waals surface area contributed by atoms with Gasteiger partial charge in [-0.2, -0.15) is 0 Å². The summed E-state index contributed by atoms with van der Waals surface area (Å²) < 4.78 is 0. The van der Waals surface area contributed by atoms with Crippen molar-refractivity contribution in [3.05, 3.63) is 88.0 Å². The molecule has 3 unspecified atom stereocenters. The molecule has 7 rings (SSSR count). The second kappa shape index (κ2) is 8.28. The number of hydrogen-bond donors (Lipinski definition) is 3. The molecule has 3 aromatic rings. The summed E-state index contributed by atoms with van der Waals surface area (Å²) in [6.45, 7) is 8.27. The third-order valence-corrected chi connectivity index (χ3v) is 8.61. The molecule has 4 aliphatic rings. The van der Waals surface area contributed by atoms with Crippen LogP contribution < -0.4 is 20.4 Å². The number of phenols is 1. The van der Waals surface area contributed by atoms with E-state index in [4.69, 9.17) is 0 Å². The van der Waals surface area contributed by atoms with Crippen LogP contribution in [0.25, 0.3) is 0 Å². The zero-order valence-corrected chi connectivity index (χ0v) is 20.4. The standard InChI is InChI=1S/C30H34N4O/c1-19-18-33-11-10-32-28(26-15-23(35)14-24(19)30(26)33)27-16-25-21(13-20-5-3-2-4-6-20)7-8-22-17-31-9-12-34(27)29(22)25/h2-8,14-15,19,27-28,31-32,35H,9-13,16-18H2,1H3. The molecule has 0 radical (unpaired) electrons. The molecule has 0 amide bonds. The van der Waals surface area contributed by atoms with Crippen molar-refractivity contribution in [2.75, 3.05) is 42.5 Å². The molecule has 0 fully saturated rings. The maximum absolute atomic E-state index is 10.7. The minimum atomic E-state index is 0.189. The van der Waals surface area contributed by atoms with Gasteiger partial charge in [-0.15, -0.1) is 0 Å². The summed E-state index contributed by atoms with van der Waals surface area (Å²) >= 11 is 0. The summed E-state index contributed by atoms with van der Waals surface area (Å²) in [4.78, 5) is 5.22. The van der Waals surface area contributed by atoms with Gasteiger partial charge in [-0.05, 0) is 58.4 Å². The van der Waals surface area contributed by atoms with Crippen LogP contribution >= 0.6 is 0 Å². The molecule has 4 aliphatic heterocycles. The van der Waals surface area contributed by atoms with E-state index in [9.17, 15) is 5.11 Å². The van der Waals surface area contributed by atoms with Gasteiger partial charge in [0.1, 0.15) is 5.75 Å². The SMILES string of the molecule is CC1CN2CCNC(C3Cc4c(Cc5ccccc5)ccc5c4N3CCNC5)c3cc(O)cc1c32. The van der Waals surface area contributed by atoms with Crippen molar-refractivity contribution in [2.45, 2.75) is 44.3 Å². The first kappa shape index (κ1) is 21.3. The molecule has 3 aromatic carbocycles. The van der Waals surface area contributed by atoms with Crippen molar-refractivity contribution < 1.29 is 5.11 Å². The third kappa shape index (κ3) is 3.44. The highest BCUT2D eigenvalue weighted by atomic mass is 16.3. The Bertz CT molecular complexity index is 1270. The lowest BCUT2D eigenvalue weighted by Gasteiger charge is -2.34. The van der Waals surface area contributed by atoms with Crippen LogP contribution in [-0.2, 0) is 19.4 Å². The van der Waals surface area contributed by atoms with Gasteiger partial charge < -0.3 is 25.5 Å². The highest BCUT2D eigenvalue weighted by Gasteiger charge is 2.42. The van der Waals surface area contributed by atoms with E-state index in [1.807, 2.05) is 12.1 Å². The van der Waals surface area contributed by atoms with Gasteiger partial charge >= 0.3 is 0 Å². The lowest BCUT2D eigenvalue weighted by atomic mass is 9.89. The fourth-order valence-electron chi connectivity index (χ4n) is 7.09. The fraction of sp³-hybridized carbons (Fsp3) is 0.400. The van der Waals surface area contributed by atoms with E-state index < -0.39 is 0 Å². The Morgan fingerprint density at radius 3 is 2.71 bits per heavy atom. The van der Waals surface area contributed by atoms with Gasteiger partial charge in [0, 0.05) is 56.6 Å². The molecule has 4 heterocycles. The Labute approximate surface area is 207 Å². The van der Waals surface area contributed by atoms with Crippen LogP contribution in [0.15, 0.2) is 54.6 Å². The van der Waals surface area contributed by atoms with Crippen LogP contribution in [0.2, 0.25) is 0 Å². The highest BCUT2D eigenvalue weighted by molar-refractivity contribution is 5.72. The summed E-state index contributed by atoms with van der Waals surface area (Å²) in [5, 5.41) is 18.3. The molecule has 0 aliphatic carbocycles. The maximum atomic E-state index is 10.7. The first-order chi connectivity index (χ1) is 17.2.